The van der Waals surface area contributed by atoms with Gasteiger partial charge >= 0.3 is 0 Å². The molecule has 0 radical (unpaired) electrons. The Morgan fingerprint density at radius 1 is 1.22 bits per heavy atom. The highest BCUT2D eigenvalue weighted by molar-refractivity contribution is 5.16. The van der Waals surface area contributed by atoms with Gasteiger partial charge in [0.15, 0.2) is 0 Å². The summed E-state index contributed by atoms with van der Waals surface area (Å²) in [7, 11) is 0. The van der Waals surface area contributed by atoms with Crippen LogP contribution in [-0.4, -0.2) is 41.6 Å². The summed E-state index contributed by atoms with van der Waals surface area (Å²) >= 11 is 0. The molecule has 1 aromatic rings. The van der Waals surface area contributed by atoms with Crippen molar-refractivity contribution in [3.63, 3.8) is 0 Å². The number of nitrogens with one attached hydrogen (secondary N) is 2. The van der Waals surface area contributed by atoms with E-state index in [1.165, 1.54) is 57.2 Å². The fraction of sp³-hybridized carbons (Fsp3) is 0.737. The molecular formula is C19H32N4. The zero-order chi connectivity index (χ0) is 15.9. The van der Waals surface area contributed by atoms with Crippen molar-refractivity contribution in [2.24, 2.45) is 0 Å². The summed E-state index contributed by atoms with van der Waals surface area (Å²) in [6.07, 6.45) is 10.0. The first kappa shape index (κ1) is 16.9. The van der Waals surface area contributed by atoms with Gasteiger partial charge in [-0.15, -0.1) is 0 Å². The third-order valence-corrected chi connectivity index (χ3v) is 5.10. The molecule has 1 saturated carbocycles. The van der Waals surface area contributed by atoms with Crippen LogP contribution in [0.5, 0.6) is 0 Å². The number of hydrogen-bond acceptors (Lipinski definition) is 4. The zero-order valence-corrected chi connectivity index (χ0v) is 14.6. The number of rotatable bonds is 9. The molecule has 2 N–H and O–H groups in total. The van der Waals surface area contributed by atoms with Crippen LogP contribution in [-0.2, 0) is 13.1 Å². The lowest BCUT2D eigenvalue weighted by molar-refractivity contribution is 0.159. The first-order valence-electron chi connectivity index (χ1n) is 9.43. The largest absolute Gasteiger partial charge is 0.311 e. The Bertz CT molecular complexity index is 472. The molecule has 1 saturated heterocycles. The first-order chi connectivity index (χ1) is 11.3. The molecule has 1 aliphatic heterocycles. The van der Waals surface area contributed by atoms with Gasteiger partial charge in [0.2, 0.25) is 0 Å². The summed E-state index contributed by atoms with van der Waals surface area (Å²) in [5.41, 5.74) is 2.51. The van der Waals surface area contributed by atoms with Gasteiger partial charge in [-0.05, 0) is 76.4 Å². The lowest BCUT2D eigenvalue weighted by Gasteiger charge is -2.33. The molecule has 4 heteroatoms. The minimum atomic E-state index is 0.766. The maximum Gasteiger partial charge on any atom is 0.0544 e. The maximum atomic E-state index is 4.48. The summed E-state index contributed by atoms with van der Waals surface area (Å²) in [4.78, 5) is 7.13. The predicted molar refractivity (Wildman–Crippen MR) is 95.3 cm³/mol. The molecule has 2 heterocycles. The summed E-state index contributed by atoms with van der Waals surface area (Å²) in [6, 6.07) is 5.90. The van der Waals surface area contributed by atoms with Gasteiger partial charge in [-0.2, -0.15) is 0 Å². The Kier molecular flexibility index (Phi) is 6.43. The van der Waals surface area contributed by atoms with Gasteiger partial charge in [-0.25, -0.2) is 0 Å². The van der Waals surface area contributed by atoms with Crippen molar-refractivity contribution in [3.05, 3.63) is 29.6 Å². The van der Waals surface area contributed by atoms with Crippen molar-refractivity contribution in [3.8, 4) is 0 Å². The SMILES string of the molecule is CC1CCCCN1CCCNCc1cc(CNC2CC2)ccn1. The fourth-order valence-electron chi connectivity index (χ4n) is 3.40. The molecule has 0 aromatic carbocycles. The third kappa shape index (κ3) is 5.87. The van der Waals surface area contributed by atoms with Crippen LogP contribution < -0.4 is 10.6 Å². The molecular weight excluding hydrogens is 284 g/mol. The van der Waals surface area contributed by atoms with E-state index in [-0.39, 0.29) is 0 Å². The Balaban J connectivity index is 1.31. The van der Waals surface area contributed by atoms with Crippen LogP contribution in [0.4, 0.5) is 0 Å². The predicted octanol–water partition coefficient (Wildman–Crippen LogP) is 2.69. The van der Waals surface area contributed by atoms with Crippen LogP contribution >= 0.6 is 0 Å². The lowest BCUT2D eigenvalue weighted by atomic mass is 10.0. The minimum Gasteiger partial charge on any atom is -0.311 e. The molecule has 2 fully saturated rings. The van der Waals surface area contributed by atoms with Crippen molar-refractivity contribution in [1.82, 2.24) is 20.5 Å². The molecule has 1 unspecified atom stereocenters. The van der Waals surface area contributed by atoms with Gasteiger partial charge in [0.25, 0.3) is 0 Å². The van der Waals surface area contributed by atoms with E-state index in [9.17, 15) is 0 Å². The molecule has 0 amide bonds. The van der Waals surface area contributed by atoms with Crippen LogP contribution in [0.15, 0.2) is 18.3 Å². The Hall–Kier alpha value is -0.970. The van der Waals surface area contributed by atoms with E-state index in [0.717, 1.165) is 37.4 Å². The number of aromatic nitrogens is 1. The van der Waals surface area contributed by atoms with Gasteiger partial charge in [0.1, 0.15) is 0 Å². The summed E-state index contributed by atoms with van der Waals surface area (Å²) in [6.45, 7) is 7.83. The van der Waals surface area contributed by atoms with Crippen LogP contribution in [0.1, 0.15) is 56.7 Å². The first-order valence-corrected chi connectivity index (χ1v) is 9.43. The van der Waals surface area contributed by atoms with Gasteiger partial charge < -0.3 is 15.5 Å². The van der Waals surface area contributed by atoms with E-state index in [1.807, 2.05) is 6.20 Å². The second kappa shape index (κ2) is 8.76. The van der Waals surface area contributed by atoms with Gasteiger partial charge in [0, 0.05) is 31.4 Å². The highest BCUT2D eigenvalue weighted by atomic mass is 15.2. The second-order valence-corrected chi connectivity index (χ2v) is 7.22. The number of pyridine rings is 1. The van der Waals surface area contributed by atoms with E-state index >= 15 is 0 Å². The molecule has 0 spiro atoms. The van der Waals surface area contributed by atoms with E-state index in [0.29, 0.717) is 0 Å². The molecule has 2 aliphatic rings. The number of likely N-dealkylation sites (tertiary alicyclic amines) is 1. The Morgan fingerprint density at radius 2 is 2.13 bits per heavy atom. The average Bonchev–Trinajstić information content (AvgIpc) is 3.39. The standard InChI is InChI=1S/C19H32N4/c1-16-5-2-3-11-23(16)12-4-9-20-15-19-13-17(8-10-21-19)14-22-18-6-7-18/h8,10,13,16,18,20,22H,2-7,9,11-12,14-15H2,1H3. The summed E-state index contributed by atoms with van der Waals surface area (Å²) < 4.78 is 0. The smallest absolute Gasteiger partial charge is 0.0544 e. The van der Waals surface area contributed by atoms with E-state index in [1.54, 1.807) is 0 Å². The average molecular weight is 316 g/mol. The quantitative estimate of drug-likeness (QED) is 0.687. The van der Waals surface area contributed by atoms with Gasteiger partial charge in [0.05, 0.1) is 5.69 Å². The van der Waals surface area contributed by atoms with Crippen LogP contribution in [0.3, 0.4) is 0 Å². The summed E-state index contributed by atoms with van der Waals surface area (Å²) in [5.74, 6) is 0. The van der Waals surface area contributed by atoms with Crippen molar-refractivity contribution >= 4 is 0 Å². The van der Waals surface area contributed by atoms with Crippen LogP contribution in [0, 0.1) is 0 Å². The number of nitrogens with zero attached hydrogens (tertiary/aromatic N) is 2. The minimum absolute atomic E-state index is 0.766. The van der Waals surface area contributed by atoms with Crippen LogP contribution in [0.2, 0.25) is 0 Å². The third-order valence-electron chi connectivity index (χ3n) is 5.10. The molecule has 128 valence electrons. The molecule has 0 bridgehead atoms. The van der Waals surface area contributed by atoms with Crippen LogP contribution in [0.25, 0.3) is 0 Å². The van der Waals surface area contributed by atoms with Crippen molar-refractivity contribution < 1.29 is 0 Å². The highest BCUT2D eigenvalue weighted by Crippen LogP contribution is 2.19. The molecule has 1 aromatic heterocycles. The molecule has 3 rings (SSSR count). The summed E-state index contributed by atoms with van der Waals surface area (Å²) in [5, 5.41) is 7.11. The Labute approximate surface area is 141 Å². The van der Waals surface area contributed by atoms with Crippen molar-refractivity contribution in [2.45, 2.75) is 70.6 Å². The van der Waals surface area contributed by atoms with E-state index < -0.39 is 0 Å². The monoisotopic (exact) mass is 316 g/mol. The number of piperidine rings is 1. The maximum absolute atomic E-state index is 4.48. The zero-order valence-electron chi connectivity index (χ0n) is 14.6. The highest BCUT2D eigenvalue weighted by Gasteiger charge is 2.20. The van der Waals surface area contributed by atoms with E-state index in [4.69, 9.17) is 0 Å². The molecule has 23 heavy (non-hydrogen) atoms. The lowest BCUT2D eigenvalue weighted by Crippen LogP contribution is -2.38. The van der Waals surface area contributed by atoms with Gasteiger partial charge in [-0.1, -0.05) is 6.42 Å². The topological polar surface area (TPSA) is 40.2 Å². The normalized spacial score (nSPS) is 22.4. The fourth-order valence-corrected chi connectivity index (χ4v) is 3.40. The molecule has 1 aliphatic carbocycles. The Morgan fingerprint density at radius 3 is 2.96 bits per heavy atom. The second-order valence-electron chi connectivity index (χ2n) is 7.22. The van der Waals surface area contributed by atoms with E-state index in [2.05, 4.69) is 39.6 Å². The number of hydrogen-bond donors (Lipinski definition) is 2. The van der Waals surface area contributed by atoms with Crippen molar-refractivity contribution in [1.29, 1.82) is 0 Å². The molecule has 4 nitrogen and oxygen atoms in total. The molecule has 1 atom stereocenters. The van der Waals surface area contributed by atoms with Crippen molar-refractivity contribution in [2.75, 3.05) is 19.6 Å². The van der Waals surface area contributed by atoms with Gasteiger partial charge in [-0.3, -0.25) is 4.98 Å².